The van der Waals surface area contributed by atoms with Crippen molar-refractivity contribution >= 4 is 0 Å². The molecule has 1 atom stereocenters. The third-order valence-corrected chi connectivity index (χ3v) is 0.859. The summed E-state index contributed by atoms with van der Waals surface area (Å²) in [4.78, 5) is 0. The number of hydrogen-bond acceptors (Lipinski definition) is 2. The minimum atomic E-state index is -4.60. The smallest absolute Gasteiger partial charge is 0.418 e. The number of aliphatic hydroxyl groups excluding tert-OH is 1. The lowest BCUT2D eigenvalue weighted by Crippen LogP contribution is -2.26. The first-order valence-electron chi connectivity index (χ1n) is 3.01. The van der Waals surface area contributed by atoms with E-state index >= 15 is 0 Å². The fourth-order valence-corrected chi connectivity index (χ4v) is 0.335. The fourth-order valence-electron chi connectivity index (χ4n) is 0.335. The van der Waals surface area contributed by atoms with Crippen LogP contribution in [0.1, 0.15) is 6.92 Å². The summed E-state index contributed by atoms with van der Waals surface area (Å²) >= 11 is 0. The standard InChI is InChI=1S/C6H9F3O2/c1-2-11-4-3-5(10)6(7,8)9/h3-5,10H,2H2,1H3/b4-3-/t5-/m1/s1. The number of aliphatic hydroxyl groups is 1. The van der Waals surface area contributed by atoms with Gasteiger partial charge in [-0.15, -0.1) is 0 Å². The lowest BCUT2D eigenvalue weighted by atomic mass is 10.3. The number of ether oxygens (including phenoxy) is 1. The number of rotatable bonds is 3. The second kappa shape index (κ2) is 4.23. The third kappa shape index (κ3) is 4.66. The molecule has 0 heterocycles. The second-order valence-corrected chi connectivity index (χ2v) is 1.77. The van der Waals surface area contributed by atoms with Crippen molar-refractivity contribution in [3.63, 3.8) is 0 Å². The van der Waals surface area contributed by atoms with Crippen LogP contribution in [0.4, 0.5) is 13.2 Å². The van der Waals surface area contributed by atoms with Crippen molar-refractivity contribution < 1.29 is 23.0 Å². The molecule has 5 heteroatoms. The molecular weight excluding hydrogens is 161 g/mol. The van der Waals surface area contributed by atoms with Gasteiger partial charge in [0.05, 0.1) is 12.9 Å². The largest absolute Gasteiger partial charge is 0.502 e. The van der Waals surface area contributed by atoms with Crippen LogP contribution in [0.5, 0.6) is 0 Å². The van der Waals surface area contributed by atoms with Crippen molar-refractivity contribution in [2.75, 3.05) is 6.61 Å². The van der Waals surface area contributed by atoms with E-state index in [4.69, 9.17) is 5.11 Å². The highest BCUT2D eigenvalue weighted by Gasteiger charge is 2.36. The summed E-state index contributed by atoms with van der Waals surface area (Å²) in [5.41, 5.74) is 0. The summed E-state index contributed by atoms with van der Waals surface area (Å²) in [7, 11) is 0. The van der Waals surface area contributed by atoms with Crippen LogP contribution >= 0.6 is 0 Å². The van der Waals surface area contributed by atoms with Gasteiger partial charge in [-0.3, -0.25) is 0 Å². The number of alkyl halides is 3. The maximum Gasteiger partial charge on any atom is 0.418 e. The van der Waals surface area contributed by atoms with Crippen molar-refractivity contribution in [2.24, 2.45) is 0 Å². The molecule has 0 aromatic carbocycles. The summed E-state index contributed by atoms with van der Waals surface area (Å²) in [5.74, 6) is 0. The zero-order valence-electron chi connectivity index (χ0n) is 5.93. The molecule has 0 unspecified atom stereocenters. The molecule has 0 radical (unpaired) electrons. The van der Waals surface area contributed by atoms with E-state index < -0.39 is 12.3 Å². The molecule has 0 fully saturated rings. The average Bonchev–Trinajstić information content (AvgIpc) is 1.86. The predicted octanol–water partition coefficient (Wildman–Crippen LogP) is 1.46. The molecule has 0 aromatic heterocycles. The lowest BCUT2D eigenvalue weighted by molar-refractivity contribution is -0.188. The Morgan fingerprint density at radius 3 is 2.45 bits per heavy atom. The second-order valence-electron chi connectivity index (χ2n) is 1.77. The third-order valence-electron chi connectivity index (χ3n) is 0.859. The SMILES string of the molecule is CCO/C=C\[C@@H](O)C(F)(F)F. The Hall–Kier alpha value is -0.710. The molecule has 66 valence electrons. The van der Waals surface area contributed by atoms with Crippen molar-refractivity contribution in [1.29, 1.82) is 0 Å². The molecule has 1 N–H and O–H groups in total. The molecule has 0 saturated carbocycles. The Morgan fingerprint density at radius 2 is 2.09 bits per heavy atom. The van der Waals surface area contributed by atoms with Gasteiger partial charge in [0, 0.05) is 0 Å². The van der Waals surface area contributed by atoms with Gasteiger partial charge in [0.15, 0.2) is 6.10 Å². The maximum atomic E-state index is 11.5. The summed E-state index contributed by atoms with van der Waals surface area (Å²) < 4.78 is 39.0. The first-order chi connectivity index (χ1) is 4.98. The van der Waals surface area contributed by atoms with E-state index in [2.05, 4.69) is 4.74 Å². The van der Waals surface area contributed by atoms with Crippen LogP contribution in [0, 0.1) is 0 Å². The molecule has 0 bridgehead atoms. The first-order valence-corrected chi connectivity index (χ1v) is 3.01. The van der Waals surface area contributed by atoms with Gasteiger partial charge in [0.2, 0.25) is 0 Å². The zero-order valence-corrected chi connectivity index (χ0v) is 5.93. The van der Waals surface area contributed by atoms with Crippen LogP contribution in [-0.4, -0.2) is 24.0 Å². The highest BCUT2D eigenvalue weighted by molar-refractivity contribution is 4.87. The first kappa shape index (κ1) is 10.3. The Kier molecular flexibility index (Phi) is 3.95. The molecule has 0 rings (SSSR count). The molecular formula is C6H9F3O2. The average molecular weight is 170 g/mol. The summed E-state index contributed by atoms with van der Waals surface area (Å²) in [6.07, 6.45) is -5.66. The molecule has 2 nitrogen and oxygen atoms in total. The molecule has 0 aromatic rings. The summed E-state index contributed by atoms with van der Waals surface area (Å²) in [6.45, 7) is 1.91. The van der Waals surface area contributed by atoms with Gasteiger partial charge in [-0.1, -0.05) is 0 Å². The molecule has 0 aliphatic rings. The van der Waals surface area contributed by atoms with Gasteiger partial charge in [0.1, 0.15) is 0 Å². The van der Waals surface area contributed by atoms with E-state index in [1.807, 2.05) is 0 Å². The van der Waals surface area contributed by atoms with E-state index in [1.165, 1.54) is 0 Å². The highest BCUT2D eigenvalue weighted by atomic mass is 19.4. The number of halogens is 3. The Balaban J connectivity index is 3.77. The zero-order chi connectivity index (χ0) is 8.91. The van der Waals surface area contributed by atoms with E-state index in [0.717, 1.165) is 6.26 Å². The Bertz CT molecular complexity index is 130. The number of hydrogen-bond donors (Lipinski definition) is 1. The van der Waals surface area contributed by atoms with Crippen molar-refractivity contribution in [1.82, 2.24) is 0 Å². The quantitative estimate of drug-likeness (QED) is 0.649. The van der Waals surface area contributed by atoms with E-state index in [-0.39, 0.29) is 6.61 Å². The Labute approximate surface area is 62.3 Å². The van der Waals surface area contributed by atoms with E-state index in [9.17, 15) is 13.2 Å². The van der Waals surface area contributed by atoms with Gasteiger partial charge >= 0.3 is 6.18 Å². The summed E-state index contributed by atoms with van der Waals surface area (Å²) in [6, 6.07) is 0. The van der Waals surface area contributed by atoms with Crippen LogP contribution in [-0.2, 0) is 4.74 Å². The van der Waals surface area contributed by atoms with Gasteiger partial charge in [0.25, 0.3) is 0 Å². The summed E-state index contributed by atoms with van der Waals surface area (Å²) in [5, 5.41) is 8.32. The van der Waals surface area contributed by atoms with Crippen molar-refractivity contribution in [3.05, 3.63) is 12.3 Å². The molecule has 0 aliphatic carbocycles. The molecule has 11 heavy (non-hydrogen) atoms. The van der Waals surface area contributed by atoms with Gasteiger partial charge in [-0.05, 0) is 13.0 Å². The maximum absolute atomic E-state index is 11.5. The van der Waals surface area contributed by atoms with Crippen LogP contribution in [0.25, 0.3) is 0 Å². The normalized spacial score (nSPS) is 15.4. The predicted molar refractivity (Wildman–Crippen MR) is 32.8 cm³/mol. The minimum absolute atomic E-state index is 0.279. The molecule has 0 aliphatic heterocycles. The molecule has 0 spiro atoms. The van der Waals surface area contributed by atoms with Crippen LogP contribution < -0.4 is 0 Å². The van der Waals surface area contributed by atoms with Crippen LogP contribution in [0.3, 0.4) is 0 Å². The lowest BCUT2D eigenvalue weighted by Gasteiger charge is -2.09. The van der Waals surface area contributed by atoms with Crippen LogP contribution in [0.2, 0.25) is 0 Å². The minimum Gasteiger partial charge on any atom is -0.502 e. The van der Waals surface area contributed by atoms with E-state index in [1.54, 1.807) is 6.92 Å². The topological polar surface area (TPSA) is 29.5 Å². The molecule has 0 amide bonds. The monoisotopic (exact) mass is 170 g/mol. The fraction of sp³-hybridized carbons (Fsp3) is 0.667. The van der Waals surface area contributed by atoms with Crippen LogP contribution in [0.15, 0.2) is 12.3 Å². The van der Waals surface area contributed by atoms with Gasteiger partial charge in [-0.25, -0.2) is 0 Å². The van der Waals surface area contributed by atoms with E-state index in [0.29, 0.717) is 6.08 Å². The van der Waals surface area contributed by atoms with Crippen molar-refractivity contribution in [2.45, 2.75) is 19.2 Å². The highest BCUT2D eigenvalue weighted by Crippen LogP contribution is 2.20. The van der Waals surface area contributed by atoms with Gasteiger partial charge < -0.3 is 9.84 Å². The Morgan fingerprint density at radius 1 is 1.55 bits per heavy atom. The van der Waals surface area contributed by atoms with Crippen molar-refractivity contribution in [3.8, 4) is 0 Å². The van der Waals surface area contributed by atoms with Gasteiger partial charge in [-0.2, -0.15) is 13.2 Å². The molecule has 0 saturated heterocycles.